The number of fused-ring (bicyclic) bond motifs is 1. The molecule has 0 radical (unpaired) electrons. The molecule has 0 aliphatic carbocycles. The fraction of sp³-hybridized carbons (Fsp3) is 0. The van der Waals surface area contributed by atoms with Gasteiger partial charge in [0.15, 0.2) is 11.6 Å². The van der Waals surface area contributed by atoms with Crippen LogP contribution in [-0.2, 0) is 10.0 Å². The molecule has 7 nitrogen and oxygen atoms in total. The van der Waals surface area contributed by atoms with E-state index in [-0.39, 0.29) is 16.5 Å². The van der Waals surface area contributed by atoms with Gasteiger partial charge in [0.2, 0.25) is 0 Å². The number of thiocyanates is 1. The van der Waals surface area contributed by atoms with Crippen LogP contribution in [0, 0.1) is 10.7 Å². The number of thioether (sulfide) groups is 1. The molecule has 0 amide bonds. The van der Waals surface area contributed by atoms with E-state index in [1.165, 1.54) is 24.3 Å². The molecule has 1 heterocycles. The van der Waals surface area contributed by atoms with Crippen molar-refractivity contribution in [3.63, 3.8) is 0 Å². The van der Waals surface area contributed by atoms with Gasteiger partial charge in [-0.05, 0) is 72.4 Å². The molecule has 10 heteroatoms. The van der Waals surface area contributed by atoms with E-state index in [2.05, 4.69) is 20.0 Å². The Hall–Kier alpha value is -3.32. The van der Waals surface area contributed by atoms with E-state index in [4.69, 9.17) is 16.9 Å². The minimum atomic E-state index is -3.92. The predicted octanol–water partition coefficient (Wildman–Crippen LogP) is 5.40. The number of nitriles is 1. The Kier molecular flexibility index (Phi) is 5.95. The van der Waals surface area contributed by atoms with Crippen molar-refractivity contribution in [3.8, 4) is 5.40 Å². The number of hydrogen-bond donors (Lipinski definition) is 2. The molecule has 0 saturated heterocycles. The molecule has 4 aromatic rings. The standard InChI is InChI=1S/C21H14ClN5O2S2/c22-14-5-11-17(12-6-14)31(28,29)27-21-20(25-18-3-1-2-4-19(18)26-21)24-15-7-9-16(10-8-15)30-13-23/h1-12H,(H,24,25)(H,26,27). The summed E-state index contributed by atoms with van der Waals surface area (Å²) in [6.07, 6.45) is 0. The van der Waals surface area contributed by atoms with Crippen molar-refractivity contribution in [2.75, 3.05) is 10.0 Å². The second kappa shape index (κ2) is 8.81. The zero-order chi connectivity index (χ0) is 21.8. The first-order valence-electron chi connectivity index (χ1n) is 8.93. The summed E-state index contributed by atoms with van der Waals surface area (Å²) < 4.78 is 28.3. The van der Waals surface area contributed by atoms with Gasteiger partial charge in [-0.1, -0.05) is 23.7 Å². The fourth-order valence-electron chi connectivity index (χ4n) is 2.75. The highest BCUT2D eigenvalue weighted by Gasteiger charge is 2.19. The van der Waals surface area contributed by atoms with Crippen LogP contribution in [0.25, 0.3) is 11.0 Å². The molecule has 4 rings (SSSR count). The van der Waals surface area contributed by atoms with Gasteiger partial charge in [-0.2, -0.15) is 5.26 Å². The highest BCUT2D eigenvalue weighted by atomic mass is 35.5. The number of nitrogens with one attached hydrogen (secondary N) is 2. The van der Waals surface area contributed by atoms with E-state index in [9.17, 15) is 8.42 Å². The Morgan fingerprint density at radius 2 is 1.48 bits per heavy atom. The number of halogens is 1. The highest BCUT2D eigenvalue weighted by Crippen LogP contribution is 2.28. The van der Waals surface area contributed by atoms with Gasteiger partial charge in [0, 0.05) is 15.6 Å². The summed E-state index contributed by atoms with van der Waals surface area (Å²) in [7, 11) is -3.92. The number of para-hydroxylation sites is 2. The van der Waals surface area contributed by atoms with E-state index >= 15 is 0 Å². The normalized spacial score (nSPS) is 11.1. The van der Waals surface area contributed by atoms with Crippen LogP contribution in [0.15, 0.2) is 82.6 Å². The quantitative estimate of drug-likeness (QED) is 0.288. The average Bonchev–Trinajstić information content (AvgIpc) is 2.76. The first-order chi connectivity index (χ1) is 14.9. The summed E-state index contributed by atoms with van der Waals surface area (Å²) in [4.78, 5) is 9.84. The van der Waals surface area contributed by atoms with Gasteiger partial charge in [0.1, 0.15) is 5.40 Å². The smallest absolute Gasteiger partial charge is 0.263 e. The molecule has 0 fully saturated rings. The van der Waals surface area contributed by atoms with Crippen LogP contribution in [0.4, 0.5) is 17.3 Å². The third-order valence-electron chi connectivity index (χ3n) is 4.21. The molecule has 0 unspecified atom stereocenters. The molecule has 0 aliphatic heterocycles. The molecular weight excluding hydrogens is 454 g/mol. The third-order valence-corrected chi connectivity index (χ3v) is 6.41. The Labute approximate surface area is 188 Å². The Morgan fingerprint density at radius 1 is 0.871 bits per heavy atom. The minimum absolute atomic E-state index is 0.0516. The summed E-state index contributed by atoms with van der Waals surface area (Å²) in [5.41, 5.74) is 1.82. The molecule has 0 saturated carbocycles. The number of aromatic nitrogens is 2. The van der Waals surface area contributed by atoms with E-state index in [1.54, 1.807) is 42.5 Å². The summed E-state index contributed by atoms with van der Waals surface area (Å²) in [5.74, 6) is 0.307. The van der Waals surface area contributed by atoms with Gasteiger partial charge in [0.25, 0.3) is 10.0 Å². The van der Waals surface area contributed by atoms with E-state index in [0.717, 1.165) is 16.7 Å². The van der Waals surface area contributed by atoms with Crippen LogP contribution in [-0.4, -0.2) is 18.4 Å². The molecule has 3 aromatic carbocycles. The van der Waals surface area contributed by atoms with E-state index < -0.39 is 10.0 Å². The van der Waals surface area contributed by atoms with Crippen molar-refractivity contribution in [2.24, 2.45) is 0 Å². The number of sulfonamides is 1. The van der Waals surface area contributed by atoms with Gasteiger partial charge < -0.3 is 5.32 Å². The molecule has 0 bridgehead atoms. The van der Waals surface area contributed by atoms with Gasteiger partial charge >= 0.3 is 0 Å². The average molecular weight is 468 g/mol. The topological polar surface area (TPSA) is 108 Å². The summed E-state index contributed by atoms with van der Waals surface area (Å²) in [6, 6.07) is 20.1. The van der Waals surface area contributed by atoms with Crippen LogP contribution < -0.4 is 10.0 Å². The zero-order valence-corrected chi connectivity index (χ0v) is 18.2. The highest BCUT2D eigenvalue weighted by molar-refractivity contribution is 8.03. The molecule has 1 aromatic heterocycles. The molecule has 0 spiro atoms. The van der Waals surface area contributed by atoms with Gasteiger partial charge in [-0.25, -0.2) is 18.4 Å². The number of benzene rings is 3. The largest absolute Gasteiger partial charge is 0.337 e. The van der Waals surface area contributed by atoms with Crippen molar-refractivity contribution < 1.29 is 8.42 Å². The first-order valence-corrected chi connectivity index (χ1v) is 11.6. The van der Waals surface area contributed by atoms with Crippen LogP contribution in [0.5, 0.6) is 0 Å². The monoisotopic (exact) mass is 467 g/mol. The molecule has 154 valence electrons. The maximum Gasteiger partial charge on any atom is 0.263 e. The third kappa shape index (κ3) is 4.88. The van der Waals surface area contributed by atoms with Crippen LogP contribution in [0.3, 0.4) is 0 Å². The van der Waals surface area contributed by atoms with Crippen LogP contribution >= 0.6 is 23.4 Å². The van der Waals surface area contributed by atoms with E-state index in [0.29, 0.717) is 21.7 Å². The van der Waals surface area contributed by atoms with E-state index in [1.807, 2.05) is 11.5 Å². The van der Waals surface area contributed by atoms with Crippen LogP contribution in [0.1, 0.15) is 0 Å². The first kappa shape index (κ1) is 20.9. The maximum absolute atomic E-state index is 12.9. The SMILES string of the molecule is N#CSc1ccc(Nc2nc3ccccc3nc2NS(=O)(=O)c2ccc(Cl)cc2)cc1. The maximum atomic E-state index is 12.9. The minimum Gasteiger partial charge on any atom is -0.337 e. The lowest BCUT2D eigenvalue weighted by Crippen LogP contribution is -2.16. The summed E-state index contributed by atoms with van der Waals surface area (Å²) in [6.45, 7) is 0. The lowest BCUT2D eigenvalue weighted by atomic mass is 10.3. The molecular formula is C21H14ClN5O2S2. The summed E-state index contributed by atoms with van der Waals surface area (Å²) >= 11 is 6.92. The lowest BCUT2D eigenvalue weighted by molar-refractivity contribution is 0.601. The number of rotatable bonds is 6. The Balaban J connectivity index is 1.72. The lowest BCUT2D eigenvalue weighted by Gasteiger charge is -2.14. The van der Waals surface area contributed by atoms with Crippen molar-refractivity contribution in [1.29, 1.82) is 5.26 Å². The molecule has 0 aliphatic rings. The van der Waals surface area contributed by atoms with Crippen molar-refractivity contribution in [2.45, 2.75) is 9.79 Å². The number of nitrogens with zero attached hydrogens (tertiary/aromatic N) is 3. The predicted molar refractivity (Wildman–Crippen MR) is 123 cm³/mol. The van der Waals surface area contributed by atoms with Gasteiger partial charge in [-0.15, -0.1) is 0 Å². The van der Waals surface area contributed by atoms with Gasteiger partial charge in [-0.3, -0.25) is 4.72 Å². The zero-order valence-electron chi connectivity index (χ0n) is 15.8. The molecule has 2 N–H and O–H groups in total. The second-order valence-electron chi connectivity index (χ2n) is 6.31. The van der Waals surface area contributed by atoms with Crippen LogP contribution in [0.2, 0.25) is 5.02 Å². The molecule has 31 heavy (non-hydrogen) atoms. The Bertz CT molecular complexity index is 1390. The van der Waals surface area contributed by atoms with Crippen molar-refractivity contribution in [3.05, 3.63) is 77.8 Å². The van der Waals surface area contributed by atoms with Crippen molar-refractivity contribution >= 4 is 61.7 Å². The number of anilines is 3. The Morgan fingerprint density at radius 3 is 2.10 bits per heavy atom. The van der Waals surface area contributed by atoms with Crippen molar-refractivity contribution in [1.82, 2.24) is 9.97 Å². The second-order valence-corrected chi connectivity index (χ2v) is 9.29. The fourth-order valence-corrected chi connectivity index (χ4v) is 4.27. The number of hydrogen-bond acceptors (Lipinski definition) is 7. The van der Waals surface area contributed by atoms with Gasteiger partial charge in [0.05, 0.1) is 15.9 Å². The molecule has 0 atom stereocenters. The summed E-state index contributed by atoms with van der Waals surface area (Å²) in [5, 5.41) is 14.3.